The van der Waals surface area contributed by atoms with E-state index in [1.165, 1.54) is 16.3 Å². The SMILES string of the molecule is CC(=O)N(Cc1ccccc1Cl)c1nc2nc(C)c(C)c(=O)n2[nH]1. The van der Waals surface area contributed by atoms with E-state index in [-0.39, 0.29) is 29.7 Å². The Balaban J connectivity index is 2.08. The van der Waals surface area contributed by atoms with Gasteiger partial charge in [0.25, 0.3) is 11.3 Å². The molecule has 1 amide bonds. The Kier molecular flexibility index (Phi) is 4.11. The Morgan fingerprint density at radius 3 is 2.67 bits per heavy atom. The monoisotopic (exact) mass is 345 g/mol. The number of carbonyl (C=O) groups excluding carboxylic acids is 1. The predicted octanol–water partition coefficient (Wildman–Crippen LogP) is 2.24. The van der Waals surface area contributed by atoms with Crippen LogP contribution in [0.25, 0.3) is 5.78 Å². The van der Waals surface area contributed by atoms with Crippen molar-refractivity contribution in [2.45, 2.75) is 27.3 Å². The summed E-state index contributed by atoms with van der Waals surface area (Å²) in [6.45, 7) is 5.11. The molecular formula is C16H16ClN5O2. The second-order valence-corrected chi connectivity index (χ2v) is 5.91. The van der Waals surface area contributed by atoms with Crippen molar-refractivity contribution in [3.8, 4) is 0 Å². The van der Waals surface area contributed by atoms with E-state index in [0.29, 0.717) is 16.3 Å². The molecule has 0 bridgehead atoms. The number of amides is 1. The van der Waals surface area contributed by atoms with Crippen molar-refractivity contribution in [3.63, 3.8) is 0 Å². The van der Waals surface area contributed by atoms with E-state index in [4.69, 9.17) is 11.6 Å². The summed E-state index contributed by atoms with van der Waals surface area (Å²) in [6, 6.07) is 7.25. The molecule has 8 heteroatoms. The molecule has 7 nitrogen and oxygen atoms in total. The van der Waals surface area contributed by atoms with Crippen LogP contribution in [-0.4, -0.2) is 25.5 Å². The van der Waals surface area contributed by atoms with E-state index in [9.17, 15) is 9.59 Å². The summed E-state index contributed by atoms with van der Waals surface area (Å²) >= 11 is 6.17. The van der Waals surface area contributed by atoms with Gasteiger partial charge in [0.1, 0.15) is 0 Å². The maximum absolute atomic E-state index is 12.3. The van der Waals surface area contributed by atoms with Crippen LogP contribution in [0.3, 0.4) is 0 Å². The van der Waals surface area contributed by atoms with E-state index >= 15 is 0 Å². The number of aromatic amines is 1. The molecule has 0 aliphatic heterocycles. The highest BCUT2D eigenvalue weighted by atomic mass is 35.5. The van der Waals surface area contributed by atoms with Gasteiger partial charge in [0, 0.05) is 23.2 Å². The minimum atomic E-state index is -0.238. The minimum absolute atomic E-state index is 0.225. The van der Waals surface area contributed by atoms with Crippen molar-refractivity contribution in [1.82, 2.24) is 19.6 Å². The Morgan fingerprint density at radius 1 is 1.29 bits per heavy atom. The molecule has 0 radical (unpaired) electrons. The van der Waals surface area contributed by atoms with E-state index in [1.807, 2.05) is 18.2 Å². The molecule has 0 saturated carbocycles. The maximum Gasteiger partial charge on any atom is 0.277 e. The first-order chi connectivity index (χ1) is 11.4. The molecule has 24 heavy (non-hydrogen) atoms. The zero-order chi connectivity index (χ0) is 17.4. The van der Waals surface area contributed by atoms with Crippen LogP contribution in [0.15, 0.2) is 29.1 Å². The zero-order valence-electron chi connectivity index (χ0n) is 13.5. The number of aryl methyl sites for hydroxylation is 1. The summed E-state index contributed by atoms with van der Waals surface area (Å²) in [5, 5.41) is 3.40. The molecule has 0 saturated heterocycles. The van der Waals surface area contributed by atoms with Crippen molar-refractivity contribution in [2.24, 2.45) is 0 Å². The van der Waals surface area contributed by atoms with Gasteiger partial charge in [-0.2, -0.15) is 9.50 Å². The van der Waals surface area contributed by atoms with Crippen LogP contribution < -0.4 is 10.5 Å². The number of aromatic nitrogens is 4. The molecule has 124 valence electrons. The average molecular weight is 346 g/mol. The lowest BCUT2D eigenvalue weighted by Crippen LogP contribution is -2.29. The van der Waals surface area contributed by atoms with Gasteiger partial charge in [-0.05, 0) is 25.5 Å². The van der Waals surface area contributed by atoms with Gasteiger partial charge in [-0.1, -0.05) is 29.8 Å². The average Bonchev–Trinajstić information content (AvgIpc) is 2.95. The van der Waals surface area contributed by atoms with E-state index in [2.05, 4.69) is 15.1 Å². The number of anilines is 1. The standard InChI is InChI=1S/C16H16ClN5O2/c1-9-10(2)18-15-19-16(20-22(15)14(9)24)21(11(3)23)8-12-6-4-5-7-13(12)17/h4-7H,8H2,1-3H3,(H,18,19,20). The number of benzene rings is 1. The molecule has 0 aliphatic carbocycles. The highest BCUT2D eigenvalue weighted by molar-refractivity contribution is 6.31. The summed E-state index contributed by atoms with van der Waals surface area (Å²) in [7, 11) is 0. The van der Waals surface area contributed by atoms with Gasteiger partial charge in [0.05, 0.1) is 6.54 Å². The second-order valence-electron chi connectivity index (χ2n) is 5.51. The first-order valence-electron chi connectivity index (χ1n) is 7.36. The fraction of sp³-hybridized carbons (Fsp3) is 0.250. The first-order valence-corrected chi connectivity index (χ1v) is 7.73. The number of nitrogens with zero attached hydrogens (tertiary/aromatic N) is 4. The van der Waals surface area contributed by atoms with Crippen LogP contribution in [0.4, 0.5) is 5.95 Å². The molecule has 0 spiro atoms. The Labute approximate surface area is 142 Å². The van der Waals surface area contributed by atoms with Crippen LogP contribution in [0.5, 0.6) is 0 Å². The quantitative estimate of drug-likeness (QED) is 0.789. The molecule has 2 aromatic heterocycles. The van der Waals surface area contributed by atoms with Crippen molar-refractivity contribution in [1.29, 1.82) is 0 Å². The summed E-state index contributed by atoms with van der Waals surface area (Å²) in [5.41, 5.74) is 1.68. The van der Waals surface area contributed by atoms with E-state index < -0.39 is 0 Å². The predicted molar refractivity (Wildman–Crippen MR) is 91.4 cm³/mol. The summed E-state index contributed by atoms with van der Waals surface area (Å²) in [5.74, 6) is 0.246. The van der Waals surface area contributed by atoms with Crippen LogP contribution in [0.2, 0.25) is 5.02 Å². The van der Waals surface area contributed by atoms with Gasteiger partial charge in [-0.15, -0.1) is 0 Å². The molecule has 0 fully saturated rings. The lowest BCUT2D eigenvalue weighted by Gasteiger charge is -2.18. The van der Waals surface area contributed by atoms with Gasteiger partial charge in [0.15, 0.2) is 0 Å². The maximum atomic E-state index is 12.3. The second kappa shape index (κ2) is 6.09. The fourth-order valence-electron chi connectivity index (χ4n) is 2.35. The van der Waals surface area contributed by atoms with Gasteiger partial charge in [-0.25, -0.2) is 4.98 Å². The number of carbonyl (C=O) groups is 1. The third kappa shape index (κ3) is 2.78. The molecule has 0 atom stereocenters. The summed E-state index contributed by atoms with van der Waals surface area (Å²) in [4.78, 5) is 34.3. The van der Waals surface area contributed by atoms with E-state index in [1.54, 1.807) is 19.9 Å². The number of hydrogen-bond donors (Lipinski definition) is 1. The Morgan fingerprint density at radius 2 is 2.00 bits per heavy atom. The zero-order valence-corrected chi connectivity index (χ0v) is 14.3. The third-order valence-corrected chi connectivity index (χ3v) is 4.24. The molecule has 2 heterocycles. The molecule has 3 rings (SSSR count). The normalized spacial score (nSPS) is 11.0. The van der Waals surface area contributed by atoms with Gasteiger partial charge >= 0.3 is 0 Å². The lowest BCUT2D eigenvalue weighted by atomic mass is 10.2. The summed E-state index contributed by atoms with van der Waals surface area (Å²) < 4.78 is 1.24. The highest BCUT2D eigenvalue weighted by Crippen LogP contribution is 2.20. The third-order valence-electron chi connectivity index (χ3n) is 3.87. The van der Waals surface area contributed by atoms with Gasteiger partial charge in [0.2, 0.25) is 11.9 Å². The topological polar surface area (TPSA) is 83.4 Å². The molecule has 1 aromatic carbocycles. The molecule has 0 unspecified atom stereocenters. The molecule has 1 N–H and O–H groups in total. The number of hydrogen-bond acceptors (Lipinski definition) is 4. The van der Waals surface area contributed by atoms with Crippen LogP contribution in [-0.2, 0) is 11.3 Å². The molecule has 3 aromatic rings. The Hall–Kier alpha value is -2.67. The molecular weight excluding hydrogens is 330 g/mol. The van der Waals surface area contributed by atoms with Crippen LogP contribution in [0, 0.1) is 13.8 Å². The minimum Gasteiger partial charge on any atom is -0.277 e. The van der Waals surface area contributed by atoms with Gasteiger partial charge < -0.3 is 0 Å². The number of fused-ring (bicyclic) bond motifs is 1. The highest BCUT2D eigenvalue weighted by Gasteiger charge is 2.19. The number of rotatable bonds is 3. The smallest absolute Gasteiger partial charge is 0.277 e. The van der Waals surface area contributed by atoms with Crippen molar-refractivity contribution in [2.75, 3.05) is 4.90 Å². The van der Waals surface area contributed by atoms with Crippen LogP contribution >= 0.6 is 11.6 Å². The van der Waals surface area contributed by atoms with E-state index in [0.717, 1.165) is 5.56 Å². The fourth-order valence-corrected chi connectivity index (χ4v) is 2.54. The summed E-state index contributed by atoms with van der Waals surface area (Å²) in [6.07, 6.45) is 0. The van der Waals surface area contributed by atoms with Crippen molar-refractivity contribution >= 4 is 29.2 Å². The van der Waals surface area contributed by atoms with Crippen molar-refractivity contribution in [3.05, 3.63) is 56.5 Å². The van der Waals surface area contributed by atoms with Crippen molar-refractivity contribution < 1.29 is 4.79 Å². The number of nitrogens with one attached hydrogen (secondary N) is 1. The molecule has 0 aliphatic rings. The van der Waals surface area contributed by atoms with Crippen LogP contribution in [0.1, 0.15) is 23.7 Å². The number of H-pyrrole nitrogens is 1. The first kappa shape index (κ1) is 16.2. The lowest BCUT2D eigenvalue weighted by molar-refractivity contribution is -0.116. The largest absolute Gasteiger partial charge is 0.277 e. The number of halogens is 1. The van der Waals surface area contributed by atoms with Gasteiger partial charge in [-0.3, -0.25) is 19.6 Å². The Bertz CT molecular complexity index is 992.